The van der Waals surface area contributed by atoms with Gasteiger partial charge in [-0.2, -0.15) is 0 Å². The van der Waals surface area contributed by atoms with Crippen LogP contribution in [0.25, 0.3) is 0 Å². The van der Waals surface area contributed by atoms with Crippen molar-refractivity contribution in [1.29, 1.82) is 0 Å². The van der Waals surface area contributed by atoms with E-state index in [0.29, 0.717) is 12.0 Å². The lowest BCUT2D eigenvalue weighted by atomic mass is 10.1. The summed E-state index contributed by atoms with van der Waals surface area (Å²) in [4.78, 5) is 12.9. The third-order valence-corrected chi connectivity index (χ3v) is 6.80. The Labute approximate surface area is 183 Å². The first-order chi connectivity index (χ1) is 14.7. The van der Waals surface area contributed by atoms with Gasteiger partial charge in [0.1, 0.15) is 11.8 Å². The van der Waals surface area contributed by atoms with Gasteiger partial charge in [-0.25, -0.2) is 9.97 Å². The van der Waals surface area contributed by atoms with E-state index < -0.39 is 0 Å². The van der Waals surface area contributed by atoms with Crippen LogP contribution in [0.3, 0.4) is 0 Å². The topological polar surface area (TPSA) is 59.5 Å². The molecule has 1 N–H and O–H groups in total. The SMILES string of the molecule is CCN1CCc2cc(NSc3cnc(OC4CCCC4)c(C)c3)c(OC)nc2CC1. The normalized spacial score (nSPS) is 17.4. The molecule has 7 heteroatoms. The molecule has 0 spiro atoms. The molecule has 1 saturated carbocycles. The zero-order valence-electron chi connectivity index (χ0n) is 18.2. The van der Waals surface area contributed by atoms with Crippen LogP contribution in [0, 0.1) is 6.92 Å². The average molecular weight is 429 g/mol. The number of nitrogens with one attached hydrogen (secondary N) is 1. The van der Waals surface area contributed by atoms with Crippen molar-refractivity contribution in [3.05, 3.63) is 35.2 Å². The van der Waals surface area contributed by atoms with Gasteiger partial charge in [0.25, 0.3) is 0 Å². The van der Waals surface area contributed by atoms with Crippen LogP contribution in [0.1, 0.15) is 49.4 Å². The zero-order valence-corrected chi connectivity index (χ0v) is 19.1. The van der Waals surface area contributed by atoms with E-state index in [1.807, 2.05) is 6.20 Å². The van der Waals surface area contributed by atoms with Gasteiger partial charge in [-0.05, 0) is 75.2 Å². The number of rotatable bonds is 7. The Morgan fingerprint density at radius 3 is 2.70 bits per heavy atom. The van der Waals surface area contributed by atoms with Crippen molar-refractivity contribution in [3.63, 3.8) is 0 Å². The summed E-state index contributed by atoms with van der Waals surface area (Å²) < 4.78 is 15.1. The molecule has 3 heterocycles. The van der Waals surface area contributed by atoms with Crippen LogP contribution in [0.15, 0.2) is 23.2 Å². The Morgan fingerprint density at radius 2 is 1.97 bits per heavy atom. The summed E-state index contributed by atoms with van der Waals surface area (Å²) in [6, 6.07) is 4.32. The van der Waals surface area contributed by atoms with Crippen molar-refractivity contribution in [2.75, 3.05) is 31.5 Å². The smallest absolute Gasteiger partial charge is 0.238 e. The molecule has 0 atom stereocenters. The van der Waals surface area contributed by atoms with Gasteiger partial charge in [-0.15, -0.1) is 0 Å². The molecule has 0 radical (unpaired) electrons. The fourth-order valence-electron chi connectivity index (χ4n) is 4.20. The van der Waals surface area contributed by atoms with Crippen molar-refractivity contribution in [2.45, 2.75) is 63.4 Å². The molecule has 162 valence electrons. The van der Waals surface area contributed by atoms with Crippen LogP contribution in [0.2, 0.25) is 0 Å². The molecule has 30 heavy (non-hydrogen) atoms. The first-order valence-electron chi connectivity index (χ1n) is 11.0. The summed E-state index contributed by atoms with van der Waals surface area (Å²) >= 11 is 1.53. The number of likely N-dealkylation sites (N-methyl/N-ethyl adjacent to an activating group) is 1. The molecule has 0 bridgehead atoms. The van der Waals surface area contributed by atoms with Crippen LogP contribution in [-0.4, -0.2) is 47.7 Å². The van der Waals surface area contributed by atoms with Gasteiger partial charge in [0.05, 0.1) is 7.11 Å². The van der Waals surface area contributed by atoms with Gasteiger partial charge in [0.2, 0.25) is 11.8 Å². The average Bonchev–Trinajstić information content (AvgIpc) is 3.19. The second-order valence-electron chi connectivity index (χ2n) is 8.11. The van der Waals surface area contributed by atoms with Crippen LogP contribution < -0.4 is 14.2 Å². The lowest BCUT2D eigenvalue weighted by molar-refractivity contribution is 0.199. The van der Waals surface area contributed by atoms with E-state index in [-0.39, 0.29) is 0 Å². The molecule has 1 aliphatic carbocycles. The molecule has 1 fully saturated rings. The summed E-state index contributed by atoms with van der Waals surface area (Å²) in [7, 11) is 1.68. The van der Waals surface area contributed by atoms with E-state index in [0.717, 1.165) is 73.0 Å². The van der Waals surface area contributed by atoms with E-state index in [2.05, 4.69) is 40.6 Å². The number of methoxy groups -OCH3 is 1. The van der Waals surface area contributed by atoms with Crippen molar-refractivity contribution in [1.82, 2.24) is 14.9 Å². The Hall–Kier alpha value is -1.99. The molecular formula is C23H32N4O2S. The molecular weight excluding hydrogens is 396 g/mol. The monoisotopic (exact) mass is 428 g/mol. The first kappa shape index (κ1) is 21.2. The molecule has 4 rings (SSSR count). The Kier molecular flexibility index (Phi) is 7.00. The fraction of sp³-hybridized carbons (Fsp3) is 0.565. The summed E-state index contributed by atoms with van der Waals surface area (Å²) in [5.41, 5.74) is 4.45. The largest absolute Gasteiger partial charge is 0.479 e. The van der Waals surface area contributed by atoms with Gasteiger partial charge in [-0.1, -0.05) is 6.92 Å². The number of fused-ring (bicyclic) bond motifs is 1. The van der Waals surface area contributed by atoms with Crippen LogP contribution >= 0.6 is 11.9 Å². The molecule has 0 unspecified atom stereocenters. The molecule has 1 aliphatic heterocycles. The molecule has 6 nitrogen and oxygen atoms in total. The lowest BCUT2D eigenvalue weighted by Crippen LogP contribution is -2.25. The van der Waals surface area contributed by atoms with Crippen LogP contribution in [0.4, 0.5) is 5.69 Å². The number of hydrogen-bond donors (Lipinski definition) is 1. The Balaban J connectivity index is 1.44. The number of aromatic nitrogens is 2. The van der Waals surface area contributed by atoms with E-state index in [1.165, 1.54) is 30.4 Å². The standard InChI is InChI=1S/C23H32N4O2S/c1-4-27-11-9-17-14-21(23(28-3)25-20(17)10-12-27)26-30-19-13-16(2)22(24-15-19)29-18-7-5-6-8-18/h13-15,18,26H,4-12H2,1-3H3. The maximum absolute atomic E-state index is 6.08. The number of ether oxygens (including phenoxy) is 2. The van der Waals surface area contributed by atoms with Crippen molar-refractivity contribution < 1.29 is 9.47 Å². The molecule has 2 aromatic rings. The Morgan fingerprint density at radius 1 is 1.17 bits per heavy atom. The quantitative estimate of drug-likeness (QED) is 0.644. The van der Waals surface area contributed by atoms with Crippen molar-refractivity contribution >= 4 is 17.6 Å². The maximum Gasteiger partial charge on any atom is 0.238 e. The van der Waals surface area contributed by atoms with Crippen molar-refractivity contribution in [3.8, 4) is 11.8 Å². The van der Waals surface area contributed by atoms with E-state index in [4.69, 9.17) is 14.5 Å². The first-order valence-corrected chi connectivity index (χ1v) is 11.8. The maximum atomic E-state index is 6.08. The minimum atomic E-state index is 0.325. The third-order valence-electron chi connectivity index (χ3n) is 6.02. The van der Waals surface area contributed by atoms with E-state index in [1.54, 1.807) is 7.11 Å². The highest BCUT2D eigenvalue weighted by atomic mass is 32.2. The van der Waals surface area contributed by atoms with E-state index in [9.17, 15) is 0 Å². The fourth-order valence-corrected chi connectivity index (χ4v) is 4.91. The molecule has 2 aliphatic rings. The van der Waals surface area contributed by atoms with Crippen molar-refractivity contribution in [2.24, 2.45) is 0 Å². The number of pyridine rings is 2. The number of nitrogens with zero attached hydrogens (tertiary/aromatic N) is 3. The predicted octanol–water partition coefficient (Wildman–Crippen LogP) is 4.65. The number of anilines is 1. The Bertz CT molecular complexity index is 871. The highest BCUT2D eigenvalue weighted by Gasteiger charge is 2.19. The van der Waals surface area contributed by atoms with Gasteiger partial charge < -0.3 is 19.1 Å². The second kappa shape index (κ2) is 9.88. The number of hydrogen-bond acceptors (Lipinski definition) is 7. The van der Waals surface area contributed by atoms with Gasteiger partial charge in [-0.3, -0.25) is 0 Å². The summed E-state index contributed by atoms with van der Waals surface area (Å²) in [6.45, 7) is 7.50. The molecule has 0 amide bonds. The minimum Gasteiger partial charge on any atom is -0.479 e. The summed E-state index contributed by atoms with van der Waals surface area (Å²) in [5.74, 6) is 1.41. The van der Waals surface area contributed by atoms with Gasteiger partial charge in [0, 0.05) is 41.9 Å². The van der Waals surface area contributed by atoms with Crippen LogP contribution in [0.5, 0.6) is 11.8 Å². The summed E-state index contributed by atoms with van der Waals surface area (Å²) in [5, 5.41) is 0. The van der Waals surface area contributed by atoms with E-state index >= 15 is 0 Å². The highest BCUT2D eigenvalue weighted by Crippen LogP contribution is 2.32. The zero-order chi connectivity index (χ0) is 20.9. The predicted molar refractivity (Wildman–Crippen MR) is 122 cm³/mol. The summed E-state index contributed by atoms with van der Waals surface area (Å²) in [6.07, 6.45) is 8.99. The minimum absolute atomic E-state index is 0.325. The van der Waals surface area contributed by atoms with Gasteiger partial charge in [0.15, 0.2) is 0 Å². The lowest BCUT2D eigenvalue weighted by Gasteiger charge is -2.16. The second-order valence-corrected chi connectivity index (χ2v) is 8.99. The molecule has 0 saturated heterocycles. The highest BCUT2D eigenvalue weighted by molar-refractivity contribution is 8.00. The van der Waals surface area contributed by atoms with Gasteiger partial charge >= 0.3 is 0 Å². The number of aryl methyl sites for hydroxylation is 1. The molecule has 0 aromatic carbocycles. The van der Waals surface area contributed by atoms with Crippen LogP contribution in [-0.2, 0) is 12.8 Å². The third kappa shape index (κ3) is 5.01. The molecule has 2 aromatic heterocycles.